The van der Waals surface area contributed by atoms with Crippen molar-refractivity contribution < 1.29 is 23.8 Å². The van der Waals surface area contributed by atoms with E-state index in [0.717, 1.165) is 6.29 Å². The van der Waals surface area contributed by atoms with Crippen molar-refractivity contribution in [3.05, 3.63) is 23.8 Å². The Morgan fingerprint density at radius 3 is 2.74 bits per heavy atom. The largest absolute Gasteiger partial charge is 0.490 e. The van der Waals surface area contributed by atoms with Crippen LogP contribution in [0.25, 0.3) is 0 Å². The average Bonchev–Trinajstić information content (AvgIpc) is 2.44. The molecule has 5 nitrogen and oxygen atoms in total. The molecule has 0 atom stereocenters. The lowest BCUT2D eigenvalue weighted by Gasteiger charge is -2.13. The lowest BCUT2D eigenvalue weighted by Crippen LogP contribution is -2.06. The van der Waals surface area contributed by atoms with Gasteiger partial charge in [-0.3, -0.25) is 9.59 Å². The highest BCUT2D eigenvalue weighted by Crippen LogP contribution is 2.30. The molecule has 5 heteroatoms. The number of carbonyl (C=O) groups excluding carboxylic acids is 2. The number of carbonyl (C=O) groups is 2. The molecule has 0 N–H and O–H groups in total. The third kappa shape index (κ3) is 4.62. The number of para-hydroxylation sites is 1. The molecular formula is C14H18O5. The summed E-state index contributed by atoms with van der Waals surface area (Å²) >= 11 is 0. The highest BCUT2D eigenvalue weighted by molar-refractivity contribution is 5.81. The van der Waals surface area contributed by atoms with Crippen molar-refractivity contribution >= 4 is 12.3 Å². The Bertz CT molecular complexity index is 428. The van der Waals surface area contributed by atoms with E-state index >= 15 is 0 Å². The number of hydrogen-bond acceptors (Lipinski definition) is 5. The van der Waals surface area contributed by atoms with Crippen LogP contribution < -0.4 is 9.47 Å². The standard InChI is InChI=1S/C14H18O5/c1-3-18-12-7-4-6-11(10-15)14(12)19-9-5-8-13(16)17-2/h4,6-7,10H,3,5,8-9H2,1-2H3. The lowest BCUT2D eigenvalue weighted by atomic mass is 10.2. The number of aldehydes is 1. The summed E-state index contributed by atoms with van der Waals surface area (Å²) in [5.74, 6) is 0.673. The summed E-state index contributed by atoms with van der Waals surface area (Å²) in [6.45, 7) is 2.66. The Morgan fingerprint density at radius 1 is 1.32 bits per heavy atom. The second-order valence-corrected chi connectivity index (χ2v) is 3.75. The Balaban J connectivity index is 2.64. The van der Waals surface area contributed by atoms with Crippen molar-refractivity contribution in [1.29, 1.82) is 0 Å². The van der Waals surface area contributed by atoms with Gasteiger partial charge in [-0.1, -0.05) is 6.07 Å². The molecule has 1 aromatic carbocycles. The van der Waals surface area contributed by atoms with E-state index in [1.807, 2.05) is 6.92 Å². The number of esters is 1. The quantitative estimate of drug-likeness (QED) is 0.410. The van der Waals surface area contributed by atoms with Gasteiger partial charge in [-0.05, 0) is 25.5 Å². The van der Waals surface area contributed by atoms with Gasteiger partial charge in [-0.2, -0.15) is 0 Å². The maximum Gasteiger partial charge on any atom is 0.305 e. The molecule has 0 spiro atoms. The molecule has 0 aliphatic heterocycles. The van der Waals surface area contributed by atoms with Crippen LogP contribution in [0, 0.1) is 0 Å². The molecule has 0 aromatic heterocycles. The van der Waals surface area contributed by atoms with Crippen molar-refractivity contribution in [3.63, 3.8) is 0 Å². The number of hydrogen-bond donors (Lipinski definition) is 0. The van der Waals surface area contributed by atoms with E-state index in [2.05, 4.69) is 4.74 Å². The fourth-order valence-corrected chi connectivity index (χ4v) is 1.54. The molecular weight excluding hydrogens is 248 g/mol. The van der Waals surface area contributed by atoms with Gasteiger partial charge in [0.05, 0.1) is 25.9 Å². The van der Waals surface area contributed by atoms with Gasteiger partial charge < -0.3 is 14.2 Å². The van der Waals surface area contributed by atoms with Crippen molar-refractivity contribution in [2.75, 3.05) is 20.3 Å². The summed E-state index contributed by atoms with van der Waals surface area (Å²) in [5, 5.41) is 0. The van der Waals surface area contributed by atoms with E-state index in [9.17, 15) is 9.59 Å². The van der Waals surface area contributed by atoms with Crippen LogP contribution in [-0.4, -0.2) is 32.6 Å². The Kier molecular flexibility index (Phi) is 6.43. The van der Waals surface area contributed by atoms with Crippen LogP contribution >= 0.6 is 0 Å². The fraction of sp³-hybridized carbons (Fsp3) is 0.429. The van der Waals surface area contributed by atoms with Gasteiger partial charge in [0.2, 0.25) is 0 Å². The van der Waals surface area contributed by atoms with Crippen LogP contribution in [0.2, 0.25) is 0 Å². The molecule has 0 aliphatic rings. The summed E-state index contributed by atoms with van der Waals surface area (Å²) in [5.41, 5.74) is 0.434. The molecule has 1 aromatic rings. The van der Waals surface area contributed by atoms with Crippen LogP contribution in [0.1, 0.15) is 30.1 Å². The molecule has 0 radical (unpaired) electrons. The predicted octanol–water partition coefficient (Wildman–Crippen LogP) is 2.23. The summed E-state index contributed by atoms with van der Waals surface area (Å²) in [4.78, 5) is 21.9. The SMILES string of the molecule is CCOc1cccc(C=O)c1OCCCC(=O)OC. The molecule has 0 fully saturated rings. The maximum atomic E-state index is 11.0. The first-order chi connectivity index (χ1) is 9.22. The van der Waals surface area contributed by atoms with Gasteiger partial charge in [0.15, 0.2) is 17.8 Å². The third-order valence-electron chi connectivity index (χ3n) is 2.44. The molecule has 0 saturated heterocycles. The highest BCUT2D eigenvalue weighted by Gasteiger charge is 2.10. The Morgan fingerprint density at radius 2 is 2.11 bits per heavy atom. The molecule has 104 valence electrons. The topological polar surface area (TPSA) is 61.8 Å². The minimum atomic E-state index is -0.280. The Hall–Kier alpha value is -2.04. The monoisotopic (exact) mass is 266 g/mol. The van der Waals surface area contributed by atoms with Crippen LogP contribution in [-0.2, 0) is 9.53 Å². The van der Waals surface area contributed by atoms with Gasteiger partial charge in [0.1, 0.15) is 0 Å². The highest BCUT2D eigenvalue weighted by atomic mass is 16.5. The smallest absolute Gasteiger partial charge is 0.305 e. The summed E-state index contributed by atoms with van der Waals surface area (Å²) in [6.07, 6.45) is 1.52. The number of ether oxygens (including phenoxy) is 3. The number of benzene rings is 1. The minimum Gasteiger partial charge on any atom is -0.490 e. The first-order valence-electron chi connectivity index (χ1n) is 6.13. The van der Waals surface area contributed by atoms with E-state index in [1.165, 1.54) is 7.11 Å². The summed E-state index contributed by atoms with van der Waals surface area (Å²) < 4.78 is 15.5. The molecule has 0 heterocycles. The third-order valence-corrected chi connectivity index (χ3v) is 2.44. The fourth-order valence-electron chi connectivity index (χ4n) is 1.54. The van der Waals surface area contributed by atoms with E-state index < -0.39 is 0 Å². The zero-order chi connectivity index (χ0) is 14.1. The molecule has 0 saturated carbocycles. The van der Waals surface area contributed by atoms with Gasteiger partial charge in [0, 0.05) is 6.42 Å². The van der Waals surface area contributed by atoms with Crippen molar-refractivity contribution in [2.45, 2.75) is 19.8 Å². The first kappa shape index (κ1) is 15.0. The minimum absolute atomic E-state index is 0.280. The number of rotatable bonds is 8. The molecule has 0 aliphatic carbocycles. The Labute approximate surface area is 112 Å². The van der Waals surface area contributed by atoms with Crippen molar-refractivity contribution in [1.82, 2.24) is 0 Å². The number of methoxy groups -OCH3 is 1. The molecule has 0 bridgehead atoms. The van der Waals surface area contributed by atoms with Crippen molar-refractivity contribution in [2.24, 2.45) is 0 Å². The van der Waals surface area contributed by atoms with E-state index in [4.69, 9.17) is 9.47 Å². The van der Waals surface area contributed by atoms with E-state index in [1.54, 1.807) is 18.2 Å². The van der Waals surface area contributed by atoms with Crippen LogP contribution in [0.15, 0.2) is 18.2 Å². The maximum absolute atomic E-state index is 11.0. The van der Waals surface area contributed by atoms with Gasteiger partial charge in [-0.25, -0.2) is 0 Å². The molecule has 1 rings (SSSR count). The zero-order valence-electron chi connectivity index (χ0n) is 11.2. The van der Waals surface area contributed by atoms with Crippen LogP contribution in [0.5, 0.6) is 11.5 Å². The van der Waals surface area contributed by atoms with Gasteiger partial charge in [0.25, 0.3) is 0 Å². The normalized spacial score (nSPS) is 9.79. The van der Waals surface area contributed by atoms with E-state index in [-0.39, 0.29) is 12.4 Å². The van der Waals surface area contributed by atoms with Crippen molar-refractivity contribution in [3.8, 4) is 11.5 Å². The average molecular weight is 266 g/mol. The van der Waals surface area contributed by atoms with Gasteiger partial charge >= 0.3 is 5.97 Å². The molecule has 0 amide bonds. The molecule has 19 heavy (non-hydrogen) atoms. The zero-order valence-corrected chi connectivity index (χ0v) is 11.2. The lowest BCUT2D eigenvalue weighted by molar-refractivity contribution is -0.140. The van der Waals surface area contributed by atoms with Gasteiger partial charge in [-0.15, -0.1) is 0 Å². The predicted molar refractivity (Wildman–Crippen MR) is 69.7 cm³/mol. The summed E-state index contributed by atoms with van der Waals surface area (Å²) in [6, 6.07) is 5.13. The first-order valence-corrected chi connectivity index (χ1v) is 6.13. The van der Waals surface area contributed by atoms with Crippen LogP contribution in [0.4, 0.5) is 0 Å². The molecule has 0 unspecified atom stereocenters. The van der Waals surface area contributed by atoms with Crippen LogP contribution in [0.3, 0.4) is 0 Å². The second-order valence-electron chi connectivity index (χ2n) is 3.75. The summed E-state index contributed by atoms with van der Waals surface area (Å²) in [7, 11) is 1.35. The second kappa shape index (κ2) is 8.13. The van der Waals surface area contributed by atoms with E-state index in [0.29, 0.717) is 36.7 Å².